The maximum absolute atomic E-state index is 12.8. The number of rotatable bonds is 1. The molecule has 0 unspecified atom stereocenters. The standard InChI is InChI=1S/C15H15F3N4/c1-14(2,3)22-13(20)11(8-19)12(21-22)9-5-4-6-10(7-9)15(16,17)18/h4-7H,20H2,1-3H3. The zero-order valence-electron chi connectivity index (χ0n) is 12.4. The fraction of sp³-hybridized carbons (Fsp3) is 0.333. The monoisotopic (exact) mass is 308 g/mol. The summed E-state index contributed by atoms with van der Waals surface area (Å²) in [5, 5.41) is 13.5. The summed E-state index contributed by atoms with van der Waals surface area (Å²) in [7, 11) is 0. The van der Waals surface area contributed by atoms with Gasteiger partial charge in [-0.25, -0.2) is 4.68 Å². The zero-order valence-corrected chi connectivity index (χ0v) is 12.4. The first kappa shape index (κ1) is 15.9. The van der Waals surface area contributed by atoms with Crippen LogP contribution in [-0.2, 0) is 11.7 Å². The number of alkyl halides is 3. The lowest BCUT2D eigenvalue weighted by atomic mass is 10.0. The van der Waals surface area contributed by atoms with Crippen LogP contribution in [0.2, 0.25) is 0 Å². The summed E-state index contributed by atoms with van der Waals surface area (Å²) in [6.45, 7) is 5.52. The van der Waals surface area contributed by atoms with Crippen LogP contribution in [0.1, 0.15) is 31.9 Å². The van der Waals surface area contributed by atoms with E-state index >= 15 is 0 Å². The van der Waals surface area contributed by atoms with Crippen LogP contribution in [0, 0.1) is 11.3 Å². The highest BCUT2D eigenvalue weighted by Crippen LogP contribution is 2.34. The average Bonchev–Trinajstić information content (AvgIpc) is 2.74. The molecule has 116 valence electrons. The highest BCUT2D eigenvalue weighted by Gasteiger charge is 2.31. The molecule has 0 fully saturated rings. The maximum atomic E-state index is 12.8. The van der Waals surface area contributed by atoms with Crippen molar-refractivity contribution < 1.29 is 13.2 Å². The van der Waals surface area contributed by atoms with Gasteiger partial charge in [-0.15, -0.1) is 0 Å². The lowest BCUT2D eigenvalue weighted by Crippen LogP contribution is -2.24. The second-order valence-corrected chi connectivity index (χ2v) is 5.88. The topological polar surface area (TPSA) is 67.6 Å². The van der Waals surface area contributed by atoms with Gasteiger partial charge in [0.1, 0.15) is 23.1 Å². The third-order valence-corrected chi connectivity index (χ3v) is 3.13. The SMILES string of the molecule is CC(C)(C)n1nc(-c2cccc(C(F)(F)F)c2)c(C#N)c1N. The van der Waals surface area contributed by atoms with Crippen molar-refractivity contribution in [3.8, 4) is 17.3 Å². The predicted octanol–water partition coefficient (Wildman–Crippen LogP) is 3.78. The number of hydrogen-bond acceptors (Lipinski definition) is 3. The minimum atomic E-state index is -4.46. The van der Waals surface area contributed by atoms with Crippen LogP contribution in [0.4, 0.5) is 19.0 Å². The highest BCUT2D eigenvalue weighted by atomic mass is 19.4. The molecule has 0 saturated heterocycles. The van der Waals surface area contributed by atoms with Gasteiger partial charge in [-0.2, -0.15) is 23.5 Å². The number of anilines is 1. The van der Waals surface area contributed by atoms with Gasteiger partial charge in [0, 0.05) is 5.56 Å². The van der Waals surface area contributed by atoms with Crippen molar-refractivity contribution >= 4 is 5.82 Å². The molecule has 0 saturated carbocycles. The molecule has 0 amide bonds. The van der Waals surface area contributed by atoms with E-state index in [2.05, 4.69) is 5.10 Å². The summed E-state index contributed by atoms with van der Waals surface area (Å²) in [5.74, 6) is 0.141. The predicted molar refractivity (Wildman–Crippen MR) is 76.8 cm³/mol. The van der Waals surface area contributed by atoms with Gasteiger partial charge in [0.2, 0.25) is 0 Å². The first-order valence-corrected chi connectivity index (χ1v) is 6.52. The van der Waals surface area contributed by atoms with Crippen LogP contribution >= 0.6 is 0 Å². The molecule has 0 aliphatic rings. The summed E-state index contributed by atoms with van der Waals surface area (Å²) >= 11 is 0. The van der Waals surface area contributed by atoms with Gasteiger partial charge in [-0.3, -0.25) is 0 Å². The fourth-order valence-corrected chi connectivity index (χ4v) is 2.10. The molecule has 22 heavy (non-hydrogen) atoms. The van der Waals surface area contributed by atoms with Crippen LogP contribution < -0.4 is 5.73 Å². The molecule has 0 aliphatic carbocycles. The van der Waals surface area contributed by atoms with Crippen LogP contribution in [0.25, 0.3) is 11.3 Å². The molecular formula is C15H15F3N4. The molecule has 0 bridgehead atoms. The average molecular weight is 308 g/mol. The summed E-state index contributed by atoms with van der Waals surface area (Å²) in [5.41, 5.74) is 5.07. The lowest BCUT2D eigenvalue weighted by molar-refractivity contribution is -0.137. The minimum absolute atomic E-state index is 0.0780. The van der Waals surface area contributed by atoms with Gasteiger partial charge in [0.05, 0.1) is 11.1 Å². The van der Waals surface area contributed by atoms with Gasteiger partial charge in [0.25, 0.3) is 0 Å². The smallest absolute Gasteiger partial charge is 0.383 e. The first-order chi connectivity index (χ1) is 10.1. The van der Waals surface area contributed by atoms with Crippen LogP contribution in [0.15, 0.2) is 24.3 Å². The van der Waals surface area contributed by atoms with E-state index in [1.54, 1.807) is 0 Å². The van der Waals surface area contributed by atoms with E-state index in [1.807, 2.05) is 26.8 Å². The van der Waals surface area contributed by atoms with E-state index in [1.165, 1.54) is 16.8 Å². The number of nitrogen functional groups attached to an aromatic ring is 1. The summed E-state index contributed by atoms with van der Waals surface area (Å²) < 4.78 is 39.9. The van der Waals surface area contributed by atoms with E-state index in [0.717, 1.165) is 12.1 Å². The van der Waals surface area contributed by atoms with E-state index in [-0.39, 0.29) is 22.6 Å². The van der Waals surface area contributed by atoms with Crippen molar-refractivity contribution in [1.29, 1.82) is 5.26 Å². The van der Waals surface area contributed by atoms with Gasteiger partial charge in [-0.05, 0) is 32.9 Å². The Morgan fingerprint density at radius 2 is 1.86 bits per heavy atom. The van der Waals surface area contributed by atoms with Crippen LogP contribution in [0.3, 0.4) is 0 Å². The van der Waals surface area contributed by atoms with E-state index < -0.39 is 17.3 Å². The molecule has 1 aromatic carbocycles. The van der Waals surface area contributed by atoms with E-state index in [4.69, 9.17) is 5.73 Å². The Labute approximate surface area is 126 Å². The summed E-state index contributed by atoms with van der Waals surface area (Å²) in [4.78, 5) is 0. The molecule has 0 aliphatic heterocycles. The number of nitrogens with zero attached hydrogens (tertiary/aromatic N) is 3. The van der Waals surface area contributed by atoms with Crippen molar-refractivity contribution in [2.45, 2.75) is 32.5 Å². The Balaban J connectivity index is 2.67. The Bertz CT molecular complexity index is 746. The molecular weight excluding hydrogens is 293 g/mol. The van der Waals surface area contributed by atoms with Crippen molar-refractivity contribution in [2.24, 2.45) is 0 Å². The lowest BCUT2D eigenvalue weighted by Gasteiger charge is -2.20. The number of aromatic nitrogens is 2. The largest absolute Gasteiger partial charge is 0.416 e. The Morgan fingerprint density at radius 1 is 1.23 bits per heavy atom. The van der Waals surface area contributed by atoms with Crippen LogP contribution in [0.5, 0.6) is 0 Å². The van der Waals surface area contributed by atoms with Crippen molar-refractivity contribution in [2.75, 3.05) is 5.73 Å². The zero-order chi connectivity index (χ0) is 16.7. The molecule has 2 N–H and O–H groups in total. The molecule has 1 heterocycles. The number of nitriles is 1. The van der Waals surface area contributed by atoms with Gasteiger partial charge in [0.15, 0.2) is 0 Å². The Kier molecular flexibility index (Phi) is 3.65. The third-order valence-electron chi connectivity index (χ3n) is 3.13. The molecule has 7 heteroatoms. The maximum Gasteiger partial charge on any atom is 0.416 e. The summed E-state index contributed by atoms with van der Waals surface area (Å²) in [6, 6.07) is 6.62. The highest BCUT2D eigenvalue weighted by molar-refractivity contribution is 5.73. The second kappa shape index (κ2) is 5.05. The molecule has 2 rings (SSSR count). The molecule has 4 nitrogen and oxygen atoms in total. The fourth-order valence-electron chi connectivity index (χ4n) is 2.10. The molecule has 1 aromatic heterocycles. The normalized spacial score (nSPS) is 12.2. The van der Waals surface area contributed by atoms with E-state index in [0.29, 0.717) is 0 Å². The van der Waals surface area contributed by atoms with E-state index in [9.17, 15) is 18.4 Å². The first-order valence-electron chi connectivity index (χ1n) is 6.52. The Morgan fingerprint density at radius 3 is 2.36 bits per heavy atom. The van der Waals surface area contributed by atoms with Gasteiger partial charge >= 0.3 is 6.18 Å². The van der Waals surface area contributed by atoms with Crippen molar-refractivity contribution in [3.05, 3.63) is 35.4 Å². The van der Waals surface area contributed by atoms with Gasteiger partial charge < -0.3 is 5.73 Å². The van der Waals surface area contributed by atoms with Crippen molar-refractivity contribution in [1.82, 2.24) is 9.78 Å². The molecule has 0 radical (unpaired) electrons. The second-order valence-electron chi connectivity index (χ2n) is 5.88. The molecule has 0 atom stereocenters. The molecule has 2 aromatic rings. The number of nitrogens with two attached hydrogens (primary N) is 1. The Hall–Kier alpha value is -2.49. The van der Waals surface area contributed by atoms with Crippen molar-refractivity contribution in [3.63, 3.8) is 0 Å². The van der Waals surface area contributed by atoms with Crippen LogP contribution in [-0.4, -0.2) is 9.78 Å². The van der Waals surface area contributed by atoms with Gasteiger partial charge in [-0.1, -0.05) is 12.1 Å². The number of halogens is 3. The molecule has 0 spiro atoms. The minimum Gasteiger partial charge on any atom is -0.383 e. The third kappa shape index (κ3) is 2.77. The quantitative estimate of drug-likeness (QED) is 0.871. The number of benzene rings is 1. The number of hydrogen-bond donors (Lipinski definition) is 1. The summed E-state index contributed by atoms with van der Waals surface area (Å²) in [6.07, 6.45) is -4.46.